The van der Waals surface area contributed by atoms with Crippen molar-refractivity contribution in [1.82, 2.24) is 4.90 Å². The second-order valence-electron chi connectivity index (χ2n) is 7.01. The summed E-state index contributed by atoms with van der Waals surface area (Å²) in [5, 5.41) is 0. The number of hydrogen-bond donors (Lipinski definition) is 1. The highest BCUT2D eigenvalue weighted by atomic mass is 16.2. The van der Waals surface area contributed by atoms with Crippen LogP contribution in [0.25, 0.3) is 0 Å². The van der Waals surface area contributed by atoms with E-state index in [1.165, 1.54) is 44.9 Å². The summed E-state index contributed by atoms with van der Waals surface area (Å²) >= 11 is 0. The standard InChI is InChI=1S/C16H28N2O/c17-15-8-7-13-10-18(11-14(13)15)16(19)9-6-12-4-2-1-3-5-12/h12-15H,1-11,17H2. The number of fused-ring (bicyclic) bond motifs is 1. The van der Waals surface area contributed by atoms with Crippen molar-refractivity contribution in [3.63, 3.8) is 0 Å². The fourth-order valence-electron chi connectivity index (χ4n) is 4.47. The Balaban J connectivity index is 1.44. The van der Waals surface area contributed by atoms with Gasteiger partial charge in [0, 0.05) is 25.6 Å². The van der Waals surface area contributed by atoms with E-state index < -0.39 is 0 Å². The molecule has 3 nitrogen and oxygen atoms in total. The Bertz CT molecular complexity index is 325. The molecule has 3 unspecified atom stereocenters. The minimum absolute atomic E-state index is 0.348. The zero-order valence-electron chi connectivity index (χ0n) is 12.0. The van der Waals surface area contributed by atoms with Gasteiger partial charge < -0.3 is 10.6 Å². The normalized spacial score (nSPS) is 35.6. The van der Waals surface area contributed by atoms with Crippen LogP contribution in [0.4, 0.5) is 0 Å². The highest BCUT2D eigenvalue weighted by Gasteiger charge is 2.42. The van der Waals surface area contributed by atoms with Crippen LogP contribution in [0.3, 0.4) is 0 Å². The van der Waals surface area contributed by atoms with Gasteiger partial charge in [0.05, 0.1) is 0 Å². The second-order valence-corrected chi connectivity index (χ2v) is 7.01. The van der Waals surface area contributed by atoms with E-state index in [4.69, 9.17) is 5.73 Å². The first-order valence-electron chi connectivity index (χ1n) is 8.27. The van der Waals surface area contributed by atoms with Gasteiger partial charge in [0.15, 0.2) is 0 Å². The van der Waals surface area contributed by atoms with Crippen molar-refractivity contribution in [3.8, 4) is 0 Å². The van der Waals surface area contributed by atoms with Crippen LogP contribution in [0, 0.1) is 17.8 Å². The first-order valence-corrected chi connectivity index (χ1v) is 8.27. The SMILES string of the molecule is NC1CCC2CN(C(=O)CCC3CCCCC3)CC12. The summed E-state index contributed by atoms with van der Waals surface area (Å²) in [7, 11) is 0. The van der Waals surface area contributed by atoms with Crippen LogP contribution in [0.5, 0.6) is 0 Å². The van der Waals surface area contributed by atoms with E-state index in [2.05, 4.69) is 4.90 Å². The lowest BCUT2D eigenvalue weighted by molar-refractivity contribution is -0.130. The monoisotopic (exact) mass is 264 g/mol. The number of rotatable bonds is 3. The average Bonchev–Trinajstić information content (AvgIpc) is 3.00. The molecule has 0 spiro atoms. The maximum absolute atomic E-state index is 12.3. The lowest BCUT2D eigenvalue weighted by Crippen LogP contribution is -2.33. The van der Waals surface area contributed by atoms with Crippen molar-refractivity contribution in [2.24, 2.45) is 23.5 Å². The molecule has 0 aromatic carbocycles. The minimum atomic E-state index is 0.348. The molecule has 19 heavy (non-hydrogen) atoms. The van der Waals surface area contributed by atoms with E-state index in [1.807, 2.05) is 0 Å². The summed E-state index contributed by atoms with van der Waals surface area (Å²) in [6.45, 7) is 1.93. The van der Waals surface area contributed by atoms with Gasteiger partial charge in [-0.2, -0.15) is 0 Å². The first kappa shape index (κ1) is 13.4. The Morgan fingerprint density at radius 3 is 2.58 bits per heavy atom. The molecule has 108 valence electrons. The maximum Gasteiger partial charge on any atom is 0.222 e. The molecule has 0 aromatic rings. The van der Waals surface area contributed by atoms with Crippen LogP contribution in [0.15, 0.2) is 0 Å². The Labute approximate surface area is 116 Å². The molecule has 0 bridgehead atoms. The van der Waals surface area contributed by atoms with Crippen molar-refractivity contribution < 1.29 is 4.79 Å². The Morgan fingerprint density at radius 2 is 1.84 bits per heavy atom. The summed E-state index contributed by atoms with van der Waals surface area (Å²) in [5.41, 5.74) is 6.14. The quantitative estimate of drug-likeness (QED) is 0.851. The number of nitrogens with zero attached hydrogens (tertiary/aromatic N) is 1. The highest BCUT2D eigenvalue weighted by molar-refractivity contribution is 5.76. The minimum Gasteiger partial charge on any atom is -0.342 e. The lowest BCUT2D eigenvalue weighted by Gasteiger charge is -2.23. The van der Waals surface area contributed by atoms with Crippen molar-refractivity contribution in [3.05, 3.63) is 0 Å². The van der Waals surface area contributed by atoms with Crippen LogP contribution in [0.2, 0.25) is 0 Å². The predicted molar refractivity (Wildman–Crippen MR) is 76.6 cm³/mol. The van der Waals surface area contributed by atoms with E-state index >= 15 is 0 Å². The van der Waals surface area contributed by atoms with Crippen LogP contribution in [-0.4, -0.2) is 29.9 Å². The third-order valence-corrected chi connectivity index (χ3v) is 5.76. The number of hydrogen-bond acceptors (Lipinski definition) is 2. The third-order valence-electron chi connectivity index (χ3n) is 5.76. The molecule has 2 saturated carbocycles. The molecule has 3 fully saturated rings. The summed E-state index contributed by atoms with van der Waals surface area (Å²) in [5.74, 6) is 2.52. The number of nitrogens with two attached hydrogens (primary N) is 1. The van der Waals surface area contributed by atoms with Gasteiger partial charge in [-0.25, -0.2) is 0 Å². The molecule has 3 aliphatic rings. The molecular formula is C16H28N2O. The summed E-state index contributed by atoms with van der Waals surface area (Å²) in [6, 6.07) is 0.348. The summed E-state index contributed by atoms with van der Waals surface area (Å²) in [6.07, 6.45) is 11.2. The van der Waals surface area contributed by atoms with Gasteiger partial charge in [0.25, 0.3) is 0 Å². The van der Waals surface area contributed by atoms with Crippen LogP contribution in [0.1, 0.15) is 57.8 Å². The third kappa shape index (κ3) is 2.96. The molecule has 2 N–H and O–H groups in total. The summed E-state index contributed by atoms with van der Waals surface area (Å²) in [4.78, 5) is 14.4. The van der Waals surface area contributed by atoms with Crippen LogP contribution >= 0.6 is 0 Å². The van der Waals surface area contributed by atoms with Crippen molar-refractivity contribution in [2.75, 3.05) is 13.1 Å². The molecule has 3 atom stereocenters. The molecule has 1 heterocycles. The molecule has 1 aliphatic heterocycles. The Kier molecular flexibility index (Phi) is 4.11. The summed E-state index contributed by atoms with van der Waals surface area (Å²) < 4.78 is 0. The van der Waals surface area contributed by atoms with Crippen molar-refractivity contribution in [2.45, 2.75) is 63.8 Å². The van der Waals surface area contributed by atoms with Gasteiger partial charge in [-0.3, -0.25) is 4.79 Å². The number of amides is 1. The maximum atomic E-state index is 12.3. The predicted octanol–water partition coefficient (Wildman–Crippen LogP) is 2.54. The lowest BCUT2D eigenvalue weighted by atomic mass is 9.86. The fraction of sp³-hybridized carbons (Fsp3) is 0.938. The molecule has 2 aliphatic carbocycles. The van der Waals surface area contributed by atoms with Crippen LogP contribution < -0.4 is 5.73 Å². The topological polar surface area (TPSA) is 46.3 Å². The average molecular weight is 264 g/mol. The van der Waals surface area contributed by atoms with E-state index in [0.717, 1.165) is 31.8 Å². The molecule has 3 heteroatoms. The molecule has 0 radical (unpaired) electrons. The largest absolute Gasteiger partial charge is 0.342 e. The number of carbonyl (C=O) groups excluding carboxylic acids is 1. The van der Waals surface area contributed by atoms with Crippen molar-refractivity contribution in [1.29, 1.82) is 0 Å². The Hall–Kier alpha value is -0.570. The van der Waals surface area contributed by atoms with E-state index in [-0.39, 0.29) is 0 Å². The zero-order chi connectivity index (χ0) is 13.2. The zero-order valence-corrected chi connectivity index (χ0v) is 12.0. The van der Waals surface area contributed by atoms with Gasteiger partial charge in [-0.05, 0) is 37.0 Å². The molecule has 3 rings (SSSR count). The van der Waals surface area contributed by atoms with Crippen molar-refractivity contribution >= 4 is 5.91 Å². The smallest absolute Gasteiger partial charge is 0.222 e. The Morgan fingerprint density at radius 1 is 1.05 bits per heavy atom. The van der Waals surface area contributed by atoms with Crippen LogP contribution in [-0.2, 0) is 4.79 Å². The van der Waals surface area contributed by atoms with E-state index in [9.17, 15) is 4.79 Å². The van der Waals surface area contributed by atoms with Gasteiger partial charge in [-0.15, -0.1) is 0 Å². The van der Waals surface area contributed by atoms with Gasteiger partial charge in [0.2, 0.25) is 5.91 Å². The fourth-order valence-corrected chi connectivity index (χ4v) is 4.47. The van der Waals surface area contributed by atoms with E-state index in [1.54, 1.807) is 0 Å². The van der Waals surface area contributed by atoms with Gasteiger partial charge in [-0.1, -0.05) is 32.1 Å². The van der Waals surface area contributed by atoms with Gasteiger partial charge >= 0.3 is 0 Å². The number of carbonyl (C=O) groups is 1. The van der Waals surface area contributed by atoms with Gasteiger partial charge in [0.1, 0.15) is 0 Å². The molecular weight excluding hydrogens is 236 g/mol. The second kappa shape index (κ2) is 5.82. The molecule has 1 amide bonds. The van der Waals surface area contributed by atoms with E-state index in [0.29, 0.717) is 23.8 Å². The first-order chi connectivity index (χ1) is 9.24. The number of likely N-dealkylation sites (tertiary alicyclic amines) is 1. The molecule has 0 aromatic heterocycles. The highest BCUT2D eigenvalue weighted by Crippen LogP contribution is 2.37. The molecule has 1 saturated heterocycles.